The second-order valence-corrected chi connectivity index (χ2v) is 6.82. The van der Waals surface area contributed by atoms with Gasteiger partial charge in [0.05, 0.1) is 34.2 Å². The molecule has 32 heavy (non-hydrogen) atoms. The van der Waals surface area contributed by atoms with Crippen LogP contribution in [0.3, 0.4) is 0 Å². The largest absolute Gasteiger partial charge is 0.501 e. The molecule has 0 bridgehead atoms. The minimum Gasteiger partial charge on any atom is -0.501 e. The van der Waals surface area contributed by atoms with E-state index in [4.69, 9.17) is 18.9 Å². The second kappa shape index (κ2) is 11.5. The summed E-state index contributed by atoms with van der Waals surface area (Å²) in [4.78, 5) is 6.64. The molecule has 0 N–H and O–H groups in total. The standard InChI is InChI=1S/C24H28N4O4/c1-5-32-15-14-22-23(31-4)25-24(27-26-22)28(16-18-6-10-20(29-2)11-7-18)17-19-8-12-21(30-3)13-9-19/h6-15H,5,16-17H2,1-4H3/b15-14+. The van der Waals surface area contributed by atoms with Crippen molar-refractivity contribution in [2.75, 3.05) is 32.8 Å². The van der Waals surface area contributed by atoms with Gasteiger partial charge in [0.1, 0.15) is 11.5 Å². The van der Waals surface area contributed by atoms with Crippen molar-refractivity contribution in [3.63, 3.8) is 0 Å². The molecule has 0 aliphatic rings. The number of hydrogen-bond donors (Lipinski definition) is 0. The molecule has 3 rings (SSSR count). The molecule has 3 aromatic rings. The van der Waals surface area contributed by atoms with E-state index >= 15 is 0 Å². The predicted molar refractivity (Wildman–Crippen MR) is 123 cm³/mol. The van der Waals surface area contributed by atoms with Crippen molar-refractivity contribution >= 4 is 12.0 Å². The molecule has 0 aliphatic carbocycles. The van der Waals surface area contributed by atoms with Gasteiger partial charge in [-0.15, -0.1) is 10.2 Å². The van der Waals surface area contributed by atoms with Gasteiger partial charge in [0.2, 0.25) is 11.8 Å². The van der Waals surface area contributed by atoms with Gasteiger partial charge in [0.25, 0.3) is 0 Å². The summed E-state index contributed by atoms with van der Waals surface area (Å²) < 4.78 is 21.2. The minimum absolute atomic E-state index is 0.375. The van der Waals surface area contributed by atoms with Gasteiger partial charge in [-0.3, -0.25) is 0 Å². The zero-order chi connectivity index (χ0) is 22.8. The van der Waals surface area contributed by atoms with E-state index in [2.05, 4.69) is 15.2 Å². The molecule has 0 atom stereocenters. The fourth-order valence-electron chi connectivity index (χ4n) is 3.01. The number of methoxy groups -OCH3 is 3. The lowest BCUT2D eigenvalue weighted by Gasteiger charge is -2.23. The Hall–Kier alpha value is -3.81. The summed E-state index contributed by atoms with van der Waals surface area (Å²) in [6.07, 6.45) is 3.24. The molecule has 0 radical (unpaired) electrons. The van der Waals surface area contributed by atoms with Crippen LogP contribution in [-0.2, 0) is 17.8 Å². The van der Waals surface area contributed by atoms with Crippen LogP contribution in [0, 0.1) is 0 Å². The molecule has 0 amide bonds. The topological polar surface area (TPSA) is 78.8 Å². The van der Waals surface area contributed by atoms with Crippen LogP contribution in [-0.4, -0.2) is 43.1 Å². The highest BCUT2D eigenvalue weighted by Crippen LogP contribution is 2.23. The van der Waals surface area contributed by atoms with Crippen LogP contribution in [0.25, 0.3) is 6.08 Å². The van der Waals surface area contributed by atoms with Gasteiger partial charge in [0.15, 0.2) is 5.69 Å². The number of nitrogens with zero attached hydrogens (tertiary/aromatic N) is 4. The lowest BCUT2D eigenvalue weighted by atomic mass is 10.1. The van der Waals surface area contributed by atoms with Crippen molar-refractivity contribution in [3.05, 3.63) is 71.6 Å². The Morgan fingerprint density at radius 3 is 1.81 bits per heavy atom. The van der Waals surface area contributed by atoms with Crippen LogP contribution >= 0.6 is 0 Å². The normalized spacial score (nSPS) is 10.8. The molecular formula is C24H28N4O4. The van der Waals surface area contributed by atoms with Crippen LogP contribution in [0.15, 0.2) is 54.8 Å². The van der Waals surface area contributed by atoms with Crippen LogP contribution in [0.5, 0.6) is 17.4 Å². The summed E-state index contributed by atoms with van der Waals surface area (Å²) in [6, 6.07) is 15.8. The fourth-order valence-corrected chi connectivity index (χ4v) is 3.01. The maximum absolute atomic E-state index is 5.45. The number of hydrogen-bond acceptors (Lipinski definition) is 8. The van der Waals surface area contributed by atoms with Gasteiger partial charge in [-0.2, -0.15) is 4.98 Å². The van der Waals surface area contributed by atoms with E-state index < -0.39 is 0 Å². The van der Waals surface area contributed by atoms with Crippen LogP contribution in [0.1, 0.15) is 23.7 Å². The third kappa shape index (κ3) is 6.10. The van der Waals surface area contributed by atoms with Crippen molar-refractivity contribution in [1.82, 2.24) is 15.2 Å². The lowest BCUT2D eigenvalue weighted by Crippen LogP contribution is -2.25. The van der Waals surface area contributed by atoms with E-state index in [1.807, 2.05) is 60.4 Å². The number of rotatable bonds is 11. The molecule has 2 aromatic carbocycles. The molecule has 0 unspecified atom stereocenters. The summed E-state index contributed by atoms with van der Waals surface area (Å²) >= 11 is 0. The number of benzene rings is 2. The van der Waals surface area contributed by atoms with Crippen molar-refractivity contribution < 1.29 is 18.9 Å². The molecule has 1 aromatic heterocycles. The van der Waals surface area contributed by atoms with Gasteiger partial charge < -0.3 is 23.8 Å². The molecular weight excluding hydrogens is 408 g/mol. The summed E-state index contributed by atoms with van der Waals surface area (Å²) in [7, 11) is 4.86. The second-order valence-electron chi connectivity index (χ2n) is 6.82. The quantitative estimate of drug-likeness (QED) is 0.416. The fraction of sp³-hybridized carbons (Fsp3) is 0.292. The summed E-state index contributed by atoms with van der Waals surface area (Å²) in [5.74, 6) is 2.45. The molecule has 168 valence electrons. The van der Waals surface area contributed by atoms with Crippen molar-refractivity contribution in [1.29, 1.82) is 0 Å². The molecule has 8 nitrogen and oxygen atoms in total. The summed E-state index contributed by atoms with van der Waals surface area (Å²) in [5, 5.41) is 8.65. The van der Waals surface area contributed by atoms with Crippen LogP contribution in [0.2, 0.25) is 0 Å². The Morgan fingerprint density at radius 1 is 0.781 bits per heavy atom. The third-order valence-electron chi connectivity index (χ3n) is 4.70. The molecule has 0 saturated heterocycles. The average Bonchev–Trinajstić information content (AvgIpc) is 2.85. The predicted octanol–water partition coefficient (Wildman–Crippen LogP) is 4.11. The highest BCUT2D eigenvalue weighted by Gasteiger charge is 2.16. The first kappa shape index (κ1) is 22.9. The van der Waals surface area contributed by atoms with Gasteiger partial charge in [-0.05, 0) is 42.3 Å². The molecule has 8 heteroatoms. The van der Waals surface area contributed by atoms with E-state index in [1.165, 1.54) is 0 Å². The first-order valence-corrected chi connectivity index (χ1v) is 10.2. The summed E-state index contributed by atoms with van der Waals surface area (Å²) in [6.45, 7) is 3.63. The zero-order valence-corrected chi connectivity index (χ0v) is 18.8. The van der Waals surface area contributed by atoms with Crippen LogP contribution < -0.4 is 19.1 Å². The van der Waals surface area contributed by atoms with E-state index in [-0.39, 0.29) is 0 Å². The highest BCUT2D eigenvalue weighted by molar-refractivity contribution is 5.50. The smallest absolute Gasteiger partial charge is 0.249 e. The lowest BCUT2D eigenvalue weighted by molar-refractivity contribution is 0.272. The maximum Gasteiger partial charge on any atom is 0.249 e. The van der Waals surface area contributed by atoms with Gasteiger partial charge >= 0.3 is 0 Å². The Balaban J connectivity index is 1.90. The SMILES string of the molecule is CCO/C=C/c1nnc(N(Cc2ccc(OC)cc2)Cc2ccc(OC)cc2)nc1OC. The first-order chi connectivity index (χ1) is 15.7. The van der Waals surface area contributed by atoms with Crippen molar-refractivity contribution in [2.45, 2.75) is 20.0 Å². The Labute approximate surface area is 188 Å². The third-order valence-corrected chi connectivity index (χ3v) is 4.70. The monoisotopic (exact) mass is 436 g/mol. The van der Waals surface area contributed by atoms with Gasteiger partial charge in [-0.25, -0.2) is 0 Å². The number of anilines is 1. The van der Waals surface area contributed by atoms with Crippen LogP contribution in [0.4, 0.5) is 5.95 Å². The van der Waals surface area contributed by atoms with Gasteiger partial charge in [0, 0.05) is 19.2 Å². The zero-order valence-electron chi connectivity index (χ0n) is 18.8. The van der Waals surface area contributed by atoms with Crippen molar-refractivity contribution in [3.8, 4) is 17.4 Å². The van der Waals surface area contributed by atoms with E-state index in [9.17, 15) is 0 Å². The molecule has 0 spiro atoms. The molecule has 0 saturated carbocycles. The average molecular weight is 437 g/mol. The Morgan fingerprint density at radius 2 is 1.34 bits per heavy atom. The molecule has 0 fully saturated rings. The number of aromatic nitrogens is 3. The number of ether oxygens (including phenoxy) is 4. The molecule has 1 heterocycles. The van der Waals surface area contributed by atoms with Gasteiger partial charge in [-0.1, -0.05) is 24.3 Å². The Kier molecular flexibility index (Phi) is 8.25. The maximum atomic E-state index is 5.45. The summed E-state index contributed by atoms with van der Waals surface area (Å²) in [5.41, 5.74) is 2.67. The minimum atomic E-state index is 0.375. The Bertz CT molecular complexity index is 958. The highest BCUT2D eigenvalue weighted by atomic mass is 16.5. The van der Waals surface area contributed by atoms with E-state index in [0.717, 1.165) is 22.6 Å². The first-order valence-electron chi connectivity index (χ1n) is 10.2. The van der Waals surface area contributed by atoms with E-state index in [0.29, 0.717) is 37.2 Å². The van der Waals surface area contributed by atoms with Crippen molar-refractivity contribution in [2.24, 2.45) is 0 Å². The molecule has 0 aliphatic heterocycles. The van der Waals surface area contributed by atoms with E-state index in [1.54, 1.807) is 33.7 Å².